The van der Waals surface area contributed by atoms with Crippen LogP contribution in [0.5, 0.6) is 11.5 Å². The number of carbonyl (C=O) groups excluding carboxylic acids is 2. The van der Waals surface area contributed by atoms with Gasteiger partial charge in [-0.1, -0.05) is 37.6 Å². The van der Waals surface area contributed by atoms with Crippen LogP contribution in [-0.4, -0.2) is 43.0 Å². The number of aryl methyl sites for hydroxylation is 1. The molecule has 0 saturated heterocycles. The molecule has 2 aromatic rings. The van der Waals surface area contributed by atoms with Gasteiger partial charge >= 0.3 is 0 Å². The molecule has 0 aliphatic carbocycles. The molecule has 1 atom stereocenters. The minimum Gasteiger partial charge on any atom is -0.497 e. The lowest BCUT2D eigenvalue weighted by Gasteiger charge is -2.30. The number of rotatable bonds is 11. The number of hydrogen-bond donors (Lipinski definition) is 1. The zero-order valence-corrected chi connectivity index (χ0v) is 19.4. The number of carbonyl (C=O) groups is 2. The van der Waals surface area contributed by atoms with Crippen LogP contribution in [-0.2, 0) is 16.1 Å². The van der Waals surface area contributed by atoms with Gasteiger partial charge in [0.1, 0.15) is 17.5 Å². The van der Waals surface area contributed by atoms with E-state index in [-0.39, 0.29) is 18.4 Å². The highest BCUT2D eigenvalue weighted by atomic mass is 35.5. The Morgan fingerprint density at radius 1 is 1.10 bits per heavy atom. The third-order valence-electron chi connectivity index (χ3n) is 4.94. The van der Waals surface area contributed by atoms with Gasteiger partial charge in [0.15, 0.2) is 6.61 Å². The van der Waals surface area contributed by atoms with E-state index in [4.69, 9.17) is 21.1 Å². The fourth-order valence-corrected chi connectivity index (χ4v) is 3.27. The van der Waals surface area contributed by atoms with Crippen LogP contribution in [0.3, 0.4) is 0 Å². The highest BCUT2D eigenvalue weighted by Crippen LogP contribution is 2.22. The average Bonchev–Trinajstić information content (AvgIpc) is 2.78. The lowest BCUT2D eigenvalue weighted by molar-refractivity contribution is -0.143. The molecule has 0 radical (unpaired) electrons. The third-order valence-corrected chi connectivity index (χ3v) is 5.36. The van der Waals surface area contributed by atoms with Crippen molar-refractivity contribution in [1.82, 2.24) is 10.2 Å². The molecule has 0 saturated carbocycles. The van der Waals surface area contributed by atoms with Crippen LogP contribution in [0.15, 0.2) is 42.5 Å². The van der Waals surface area contributed by atoms with Crippen molar-refractivity contribution < 1.29 is 19.1 Å². The maximum Gasteiger partial charge on any atom is 0.261 e. The van der Waals surface area contributed by atoms with E-state index in [1.165, 1.54) is 0 Å². The highest BCUT2D eigenvalue weighted by molar-refractivity contribution is 6.31. The summed E-state index contributed by atoms with van der Waals surface area (Å²) in [6.07, 6.45) is 1.32. The Morgan fingerprint density at radius 2 is 1.77 bits per heavy atom. The molecule has 0 unspecified atom stereocenters. The molecule has 0 aromatic heterocycles. The van der Waals surface area contributed by atoms with Crippen LogP contribution in [0.2, 0.25) is 5.02 Å². The fraction of sp³-hybridized carbons (Fsp3) is 0.417. The van der Waals surface area contributed by atoms with Gasteiger partial charge in [0.25, 0.3) is 5.91 Å². The Labute approximate surface area is 189 Å². The lowest BCUT2D eigenvalue weighted by Crippen LogP contribution is -2.50. The number of ether oxygens (including phenoxy) is 2. The monoisotopic (exact) mass is 446 g/mol. The van der Waals surface area contributed by atoms with E-state index in [9.17, 15) is 9.59 Å². The molecule has 0 aliphatic heterocycles. The molecular formula is C24H31ClN2O4. The van der Waals surface area contributed by atoms with Crippen molar-refractivity contribution in [2.45, 2.75) is 46.2 Å². The number of hydrogen-bond acceptors (Lipinski definition) is 4. The minimum atomic E-state index is -0.586. The number of benzene rings is 2. The third kappa shape index (κ3) is 7.17. The van der Waals surface area contributed by atoms with Crippen molar-refractivity contribution in [2.75, 3.05) is 20.3 Å². The van der Waals surface area contributed by atoms with Gasteiger partial charge in [0.05, 0.1) is 7.11 Å². The predicted molar refractivity (Wildman–Crippen MR) is 123 cm³/mol. The van der Waals surface area contributed by atoms with Gasteiger partial charge < -0.3 is 19.7 Å². The van der Waals surface area contributed by atoms with Gasteiger partial charge in [-0.2, -0.15) is 0 Å². The molecule has 0 bridgehead atoms. The van der Waals surface area contributed by atoms with Crippen LogP contribution >= 0.6 is 11.6 Å². The molecule has 0 spiro atoms. The lowest BCUT2D eigenvalue weighted by atomic mass is 10.1. The van der Waals surface area contributed by atoms with Crippen LogP contribution < -0.4 is 14.8 Å². The van der Waals surface area contributed by atoms with E-state index in [1.54, 1.807) is 30.2 Å². The summed E-state index contributed by atoms with van der Waals surface area (Å²) in [4.78, 5) is 27.5. The normalized spacial score (nSPS) is 11.5. The molecule has 31 heavy (non-hydrogen) atoms. The number of halogens is 1. The smallest absolute Gasteiger partial charge is 0.261 e. The predicted octanol–water partition coefficient (Wildman–Crippen LogP) is 4.37. The first-order chi connectivity index (χ1) is 14.9. The number of amides is 2. The summed E-state index contributed by atoms with van der Waals surface area (Å²) >= 11 is 6.06. The topological polar surface area (TPSA) is 67.9 Å². The standard InChI is InChI=1S/C24H31ClN2O4/c1-5-13-26-24(29)22(6-2)27(15-18-7-9-19(30-4)10-8-18)23(28)16-31-20-11-12-21(25)17(3)14-20/h7-12,14,22H,5-6,13,15-16H2,1-4H3,(H,26,29)/t22-/m0/s1. The van der Waals surface area contributed by atoms with Crippen LogP contribution in [0.1, 0.15) is 37.8 Å². The first-order valence-electron chi connectivity index (χ1n) is 10.5. The number of nitrogens with one attached hydrogen (secondary N) is 1. The van der Waals surface area contributed by atoms with Crippen molar-refractivity contribution in [1.29, 1.82) is 0 Å². The van der Waals surface area contributed by atoms with E-state index in [1.807, 2.05) is 45.0 Å². The van der Waals surface area contributed by atoms with Gasteiger partial charge in [0, 0.05) is 18.1 Å². The SMILES string of the molecule is CCCNC(=O)[C@H](CC)N(Cc1ccc(OC)cc1)C(=O)COc1ccc(Cl)c(C)c1. The largest absolute Gasteiger partial charge is 0.497 e. The van der Waals surface area contributed by atoms with E-state index in [0.29, 0.717) is 30.3 Å². The molecule has 1 N–H and O–H groups in total. The Kier molecular flexibility index (Phi) is 9.66. The highest BCUT2D eigenvalue weighted by Gasteiger charge is 2.28. The molecule has 6 nitrogen and oxygen atoms in total. The number of methoxy groups -OCH3 is 1. The molecule has 7 heteroatoms. The van der Waals surface area contributed by atoms with Crippen LogP contribution in [0.4, 0.5) is 0 Å². The Balaban J connectivity index is 2.19. The van der Waals surface area contributed by atoms with Crippen LogP contribution in [0, 0.1) is 6.92 Å². The van der Waals surface area contributed by atoms with Gasteiger partial charge in [0.2, 0.25) is 5.91 Å². The second-order valence-corrected chi connectivity index (χ2v) is 7.69. The summed E-state index contributed by atoms with van der Waals surface area (Å²) < 4.78 is 10.9. The second-order valence-electron chi connectivity index (χ2n) is 7.28. The van der Waals surface area contributed by atoms with Crippen molar-refractivity contribution in [3.8, 4) is 11.5 Å². The molecule has 2 aromatic carbocycles. The molecule has 168 valence electrons. The minimum absolute atomic E-state index is 0.159. The Morgan fingerprint density at radius 3 is 2.35 bits per heavy atom. The van der Waals surface area contributed by atoms with Gasteiger partial charge in [-0.3, -0.25) is 9.59 Å². The summed E-state index contributed by atoms with van der Waals surface area (Å²) in [5.41, 5.74) is 1.77. The zero-order chi connectivity index (χ0) is 22.8. The molecule has 0 aliphatic rings. The number of nitrogens with zero attached hydrogens (tertiary/aromatic N) is 1. The van der Waals surface area contributed by atoms with Crippen LogP contribution in [0.25, 0.3) is 0 Å². The summed E-state index contributed by atoms with van der Waals surface area (Å²) in [5, 5.41) is 3.54. The van der Waals surface area contributed by atoms with Crippen molar-refractivity contribution >= 4 is 23.4 Å². The van der Waals surface area contributed by atoms with Gasteiger partial charge in [-0.05, 0) is 61.2 Å². The van der Waals surface area contributed by atoms with Crippen molar-refractivity contribution in [3.63, 3.8) is 0 Å². The van der Waals surface area contributed by atoms with Crippen molar-refractivity contribution in [3.05, 3.63) is 58.6 Å². The second kappa shape index (κ2) is 12.2. The Bertz CT molecular complexity index is 870. The first kappa shape index (κ1) is 24.5. The summed E-state index contributed by atoms with van der Waals surface area (Å²) in [5.74, 6) is 0.870. The van der Waals surface area contributed by atoms with E-state index >= 15 is 0 Å². The maximum atomic E-state index is 13.1. The average molecular weight is 447 g/mol. The molecule has 0 fully saturated rings. The molecule has 2 rings (SSSR count). The van der Waals surface area contributed by atoms with E-state index < -0.39 is 6.04 Å². The van der Waals surface area contributed by atoms with Gasteiger partial charge in [-0.15, -0.1) is 0 Å². The summed E-state index contributed by atoms with van der Waals surface area (Å²) in [6, 6.07) is 12.1. The zero-order valence-electron chi connectivity index (χ0n) is 18.6. The first-order valence-corrected chi connectivity index (χ1v) is 10.9. The molecule has 2 amide bonds. The van der Waals surface area contributed by atoms with Crippen molar-refractivity contribution in [2.24, 2.45) is 0 Å². The van der Waals surface area contributed by atoms with E-state index in [0.717, 1.165) is 23.3 Å². The molecule has 0 heterocycles. The quantitative estimate of drug-likeness (QED) is 0.556. The fourth-order valence-electron chi connectivity index (χ4n) is 3.15. The van der Waals surface area contributed by atoms with Gasteiger partial charge in [-0.25, -0.2) is 0 Å². The summed E-state index contributed by atoms with van der Waals surface area (Å²) in [6.45, 7) is 6.45. The van der Waals surface area contributed by atoms with E-state index in [2.05, 4.69) is 5.32 Å². The Hall–Kier alpha value is -2.73. The molecular weight excluding hydrogens is 416 g/mol. The summed E-state index contributed by atoms with van der Waals surface area (Å²) in [7, 11) is 1.60. The maximum absolute atomic E-state index is 13.1.